The second kappa shape index (κ2) is 8.29. The lowest BCUT2D eigenvalue weighted by atomic mass is 10.1. The monoisotopic (exact) mass is 438 g/mol. The van der Waals surface area contributed by atoms with Crippen molar-refractivity contribution in [2.45, 2.75) is 17.5 Å². The Kier molecular flexibility index (Phi) is 5.53. The summed E-state index contributed by atoms with van der Waals surface area (Å²) in [6.45, 7) is 0.241. The van der Waals surface area contributed by atoms with Gasteiger partial charge in [-0.3, -0.25) is 4.79 Å². The smallest absolute Gasteiger partial charge is 0.248 e. The number of rotatable bonds is 7. The Morgan fingerprint density at radius 1 is 1.03 bits per heavy atom. The third kappa shape index (κ3) is 4.47. The summed E-state index contributed by atoms with van der Waals surface area (Å²) < 4.78 is 44.0. The molecule has 0 aliphatic rings. The van der Waals surface area contributed by atoms with E-state index in [-0.39, 0.29) is 17.0 Å². The van der Waals surface area contributed by atoms with Crippen molar-refractivity contribution in [2.24, 2.45) is 5.73 Å². The minimum absolute atomic E-state index is 0.0138. The molecule has 0 radical (unpaired) electrons. The first-order valence-electron chi connectivity index (χ1n) is 9.41. The Balaban J connectivity index is 1.68. The Morgan fingerprint density at radius 2 is 1.71 bits per heavy atom. The summed E-state index contributed by atoms with van der Waals surface area (Å²) in [4.78, 5) is 15.6. The number of primary amides is 1. The van der Waals surface area contributed by atoms with Gasteiger partial charge in [-0.25, -0.2) is 22.5 Å². The van der Waals surface area contributed by atoms with Crippen LogP contribution in [0.1, 0.15) is 22.0 Å². The number of amides is 1. The lowest BCUT2D eigenvalue weighted by Gasteiger charge is -2.20. The number of nitrogens with two attached hydrogens (primary N) is 1. The molecule has 1 amide bonds. The van der Waals surface area contributed by atoms with Gasteiger partial charge in [0.1, 0.15) is 5.82 Å². The molecule has 3 N–H and O–H groups in total. The number of sulfonamides is 1. The molecule has 7 nitrogen and oxygen atoms in total. The van der Waals surface area contributed by atoms with E-state index in [2.05, 4.69) is 9.71 Å². The largest absolute Gasteiger partial charge is 0.366 e. The summed E-state index contributed by atoms with van der Waals surface area (Å²) in [7, 11) is -3.95. The Bertz CT molecular complexity index is 1330. The van der Waals surface area contributed by atoms with Gasteiger partial charge in [-0.15, -0.1) is 0 Å². The zero-order valence-electron chi connectivity index (χ0n) is 16.3. The first kappa shape index (κ1) is 20.7. The quantitative estimate of drug-likeness (QED) is 0.462. The minimum Gasteiger partial charge on any atom is -0.366 e. The van der Waals surface area contributed by atoms with E-state index in [0.717, 1.165) is 11.0 Å². The predicted molar refractivity (Wildman–Crippen MR) is 114 cm³/mol. The van der Waals surface area contributed by atoms with Crippen LogP contribution in [0.2, 0.25) is 0 Å². The molecule has 1 atom stereocenters. The number of carbonyl (C=O) groups is 1. The highest BCUT2D eigenvalue weighted by Gasteiger charge is 2.23. The van der Waals surface area contributed by atoms with Crippen molar-refractivity contribution in [2.75, 3.05) is 0 Å². The number of benzene rings is 3. The third-order valence-electron chi connectivity index (χ3n) is 4.93. The normalized spacial score (nSPS) is 12.7. The Hall–Kier alpha value is -3.56. The summed E-state index contributed by atoms with van der Waals surface area (Å²) in [5, 5.41) is 0. The first-order chi connectivity index (χ1) is 14.8. The lowest BCUT2D eigenvalue weighted by molar-refractivity contribution is 0.1000. The fraction of sp³-hybridized carbons (Fsp3) is 0.0909. The van der Waals surface area contributed by atoms with Crippen LogP contribution < -0.4 is 10.5 Å². The van der Waals surface area contributed by atoms with E-state index in [1.54, 1.807) is 6.33 Å². The molecular weight excluding hydrogens is 419 g/mol. The number of para-hydroxylation sites is 2. The molecule has 1 heterocycles. The van der Waals surface area contributed by atoms with Crippen LogP contribution in [0.15, 0.2) is 84.0 Å². The topological polar surface area (TPSA) is 107 Å². The van der Waals surface area contributed by atoms with Gasteiger partial charge in [0.15, 0.2) is 0 Å². The number of imidazole rings is 1. The summed E-state index contributed by atoms with van der Waals surface area (Å²) in [6.07, 6.45) is 1.64. The zero-order chi connectivity index (χ0) is 22.0. The first-order valence-corrected chi connectivity index (χ1v) is 10.9. The molecule has 3 aromatic carbocycles. The standard InChI is InChI=1S/C22H19FN4O3S/c23-17-9-5-15(6-10-17)20(13-27-14-25-19-3-1-2-4-21(19)27)26-31(29,30)18-11-7-16(8-12-18)22(24)28/h1-12,14,20,26H,13H2,(H2,24,28). The van der Waals surface area contributed by atoms with E-state index in [4.69, 9.17) is 5.73 Å². The highest BCUT2D eigenvalue weighted by molar-refractivity contribution is 7.89. The van der Waals surface area contributed by atoms with E-state index in [9.17, 15) is 17.6 Å². The number of carbonyl (C=O) groups excluding carboxylic acids is 1. The number of halogens is 1. The minimum atomic E-state index is -3.95. The predicted octanol–water partition coefficient (Wildman–Crippen LogP) is 2.99. The summed E-state index contributed by atoms with van der Waals surface area (Å²) in [6, 6.07) is 17.8. The number of nitrogens with one attached hydrogen (secondary N) is 1. The highest BCUT2D eigenvalue weighted by Crippen LogP contribution is 2.22. The zero-order valence-corrected chi connectivity index (χ0v) is 17.1. The average Bonchev–Trinajstić information content (AvgIpc) is 3.17. The molecule has 0 aliphatic carbocycles. The van der Waals surface area contributed by atoms with Gasteiger partial charge in [-0.05, 0) is 54.1 Å². The molecule has 0 aliphatic heterocycles. The summed E-state index contributed by atoms with van der Waals surface area (Å²) in [5.74, 6) is -1.06. The number of fused-ring (bicyclic) bond motifs is 1. The maximum atomic E-state index is 13.4. The summed E-state index contributed by atoms with van der Waals surface area (Å²) in [5.41, 5.74) is 7.65. The maximum Gasteiger partial charge on any atom is 0.248 e. The van der Waals surface area contributed by atoms with Gasteiger partial charge in [-0.2, -0.15) is 0 Å². The van der Waals surface area contributed by atoms with E-state index in [1.165, 1.54) is 48.5 Å². The van der Waals surface area contributed by atoms with Crippen molar-refractivity contribution in [3.8, 4) is 0 Å². The number of hydrogen-bond acceptors (Lipinski definition) is 4. The molecule has 1 unspecified atom stereocenters. The van der Waals surface area contributed by atoms with Crippen LogP contribution in [0.25, 0.3) is 11.0 Å². The van der Waals surface area contributed by atoms with Crippen molar-refractivity contribution in [3.05, 3.63) is 96.1 Å². The molecule has 9 heteroatoms. The van der Waals surface area contributed by atoms with Crippen molar-refractivity contribution in [1.29, 1.82) is 0 Å². The van der Waals surface area contributed by atoms with Crippen molar-refractivity contribution < 1.29 is 17.6 Å². The van der Waals surface area contributed by atoms with E-state index in [0.29, 0.717) is 5.56 Å². The summed E-state index contributed by atoms with van der Waals surface area (Å²) >= 11 is 0. The van der Waals surface area contributed by atoms with E-state index < -0.39 is 27.8 Å². The van der Waals surface area contributed by atoms with Gasteiger partial charge in [0.25, 0.3) is 0 Å². The van der Waals surface area contributed by atoms with Crippen LogP contribution in [0.4, 0.5) is 4.39 Å². The molecule has 4 aromatic rings. The van der Waals surface area contributed by atoms with Crippen LogP contribution in [-0.2, 0) is 16.6 Å². The molecule has 4 rings (SSSR count). The Labute approximate surface area is 178 Å². The lowest BCUT2D eigenvalue weighted by Crippen LogP contribution is -2.31. The van der Waals surface area contributed by atoms with E-state index >= 15 is 0 Å². The number of aromatic nitrogens is 2. The number of hydrogen-bond donors (Lipinski definition) is 2. The van der Waals surface area contributed by atoms with Gasteiger partial charge in [0.2, 0.25) is 15.9 Å². The molecule has 1 aromatic heterocycles. The van der Waals surface area contributed by atoms with Crippen LogP contribution in [-0.4, -0.2) is 23.9 Å². The Morgan fingerprint density at radius 3 is 2.39 bits per heavy atom. The third-order valence-corrected chi connectivity index (χ3v) is 6.41. The van der Waals surface area contributed by atoms with Crippen LogP contribution in [0.3, 0.4) is 0 Å². The van der Waals surface area contributed by atoms with Crippen molar-refractivity contribution in [3.63, 3.8) is 0 Å². The molecule has 158 valence electrons. The van der Waals surface area contributed by atoms with Gasteiger partial charge in [-0.1, -0.05) is 24.3 Å². The average molecular weight is 438 g/mol. The molecule has 0 saturated heterocycles. The molecule has 31 heavy (non-hydrogen) atoms. The van der Waals surface area contributed by atoms with Crippen molar-refractivity contribution in [1.82, 2.24) is 14.3 Å². The van der Waals surface area contributed by atoms with Crippen LogP contribution in [0, 0.1) is 5.82 Å². The van der Waals surface area contributed by atoms with Crippen LogP contribution in [0.5, 0.6) is 0 Å². The molecule has 0 saturated carbocycles. The fourth-order valence-corrected chi connectivity index (χ4v) is 4.53. The molecule has 0 spiro atoms. The maximum absolute atomic E-state index is 13.4. The molecule has 0 bridgehead atoms. The number of nitrogens with zero attached hydrogens (tertiary/aromatic N) is 2. The van der Waals surface area contributed by atoms with Gasteiger partial charge >= 0.3 is 0 Å². The van der Waals surface area contributed by atoms with Gasteiger partial charge in [0, 0.05) is 12.1 Å². The van der Waals surface area contributed by atoms with E-state index in [1.807, 2.05) is 28.8 Å². The van der Waals surface area contributed by atoms with Crippen LogP contribution >= 0.6 is 0 Å². The van der Waals surface area contributed by atoms with Crippen molar-refractivity contribution >= 4 is 27.0 Å². The second-order valence-corrected chi connectivity index (χ2v) is 8.71. The highest BCUT2D eigenvalue weighted by atomic mass is 32.2. The fourth-order valence-electron chi connectivity index (χ4n) is 3.31. The van der Waals surface area contributed by atoms with Gasteiger partial charge in [0.05, 0.1) is 28.3 Å². The van der Waals surface area contributed by atoms with Gasteiger partial charge < -0.3 is 10.3 Å². The SMILES string of the molecule is NC(=O)c1ccc(S(=O)(=O)NC(Cn2cnc3ccccc32)c2ccc(F)cc2)cc1. The molecular formula is C22H19FN4O3S. The second-order valence-electron chi connectivity index (χ2n) is 7.00. The molecule has 0 fully saturated rings.